The third-order valence-electron chi connectivity index (χ3n) is 2.03. The normalized spacial score (nSPS) is 12.0. The maximum Gasteiger partial charge on any atom is 0.421 e. The summed E-state index contributed by atoms with van der Waals surface area (Å²) in [6, 6.07) is 0. The molecule has 1 heterocycles. The maximum atomic E-state index is 12.5. The van der Waals surface area contributed by atoms with E-state index >= 15 is 0 Å². The number of ether oxygens (including phenoxy) is 1. The molecule has 0 spiro atoms. The Bertz CT molecular complexity index is 405. The first-order valence-corrected chi connectivity index (χ1v) is 4.34. The van der Waals surface area contributed by atoms with E-state index in [9.17, 15) is 22.0 Å². The van der Waals surface area contributed by atoms with E-state index in [1.807, 2.05) is 0 Å². The van der Waals surface area contributed by atoms with Crippen LogP contribution < -0.4 is 4.74 Å². The van der Waals surface area contributed by atoms with Gasteiger partial charge in [-0.15, -0.1) is 0 Å². The van der Waals surface area contributed by atoms with E-state index in [4.69, 9.17) is 5.11 Å². The van der Waals surface area contributed by atoms with E-state index in [1.165, 1.54) is 0 Å². The van der Waals surface area contributed by atoms with E-state index < -0.39 is 41.8 Å². The van der Waals surface area contributed by atoms with Crippen molar-refractivity contribution in [1.29, 1.82) is 0 Å². The summed E-state index contributed by atoms with van der Waals surface area (Å²) in [7, 11) is 0.902. The van der Waals surface area contributed by atoms with Crippen LogP contribution in [0.4, 0.5) is 22.0 Å². The van der Waals surface area contributed by atoms with Crippen LogP contribution in [0.15, 0.2) is 6.20 Å². The van der Waals surface area contributed by atoms with Gasteiger partial charge in [0.25, 0.3) is 6.43 Å². The van der Waals surface area contributed by atoms with E-state index in [-0.39, 0.29) is 6.20 Å². The predicted molar refractivity (Wildman–Crippen MR) is 46.7 cm³/mol. The largest absolute Gasteiger partial charge is 0.496 e. The van der Waals surface area contributed by atoms with Gasteiger partial charge in [-0.05, 0) is 0 Å². The van der Waals surface area contributed by atoms with Gasteiger partial charge in [0.2, 0.25) is 0 Å². The molecule has 1 aromatic heterocycles. The molecule has 0 atom stereocenters. The minimum atomic E-state index is -4.79. The number of methoxy groups -OCH3 is 1. The standard InChI is InChI=1S/C9H8F5NO2/c1-17-7-4(3-16)6(8(10)11)15-2-5(7)9(12,13)14/h2,8,16H,3H2,1H3. The molecule has 8 heteroatoms. The molecule has 3 nitrogen and oxygen atoms in total. The summed E-state index contributed by atoms with van der Waals surface area (Å²) in [5.74, 6) is -0.828. The summed E-state index contributed by atoms with van der Waals surface area (Å²) in [6.07, 6.45) is -7.61. The summed E-state index contributed by atoms with van der Waals surface area (Å²) in [5, 5.41) is 8.85. The van der Waals surface area contributed by atoms with Crippen molar-refractivity contribution in [2.45, 2.75) is 19.2 Å². The minimum Gasteiger partial charge on any atom is -0.496 e. The number of aliphatic hydroxyl groups excluding tert-OH is 1. The number of aromatic nitrogens is 1. The molecule has 0 aliphatic rings. The molecule has 0 saturated heterocycles. The molecule has 0 saturated carbocycles. The highest BCUT2D eigenvalue weighted by molar-refractivity contribution is 5.44. The minimum absolute atomic E-state index is 0.263. The van der Waals surface area contributed by atoms with Crippen LogP contribution in [0.5, 0.6) is 5.75 Å². The second-order valence-corrected chi connectivity index (χ2v) is 3.03. The first-order chi connectivity index (χ1) is 7.82. The smallest absolute Gasteiger partial charge is 0.421 e. The van der Waals surface area contributed by atoms with Crippen molar-refractivity contribution in [3.63, 3.8) is 0 Å². The van der Waals surface area contributed by atoms with Crippen molar-refractivity contribution in [1.82, 2.24) is 4.98 Å². The third-order valence-corrected chi connectivity index (χ3v) is 2.03. The van der Waals surface area contributed by atoms with Gasteiger partial charge < -0.3 is 9.84 Å². The number of nitrogens with zero attached hydrogens (tertiary/aromatic N) is 1. The van der Waals surface area contributed by atoms with E-state index in [0.717, 1.165) is 7.11 Å². The molecule has 0 aliphatic heterocycles. The van der Waals surface area contributed by atoms with Crippen LogP contribution in [0.25, 0.3) is 0 Å². The van der Waals surface area contributed by atoms with Crippen molar-refractivity contribution >= 4 is 0 Å². The molecular weight excluding hydrogens is 249 g/mol. The van der Waals surface area contributed by atoms with Gasteiger partial charge in [-0.2, -0.15) is 13.2 Å². The first-order valence-electron chi connectivity index (χ1n) is 4.34. The average Bonchev–Trinajstić information content (AvgIpc) is 2.25. The zero-order chi connectivity index (χ0) is 13.2. The Morgan fingerprint density at radius 2 is 2.00 bits per heavy atom. The molecule has 1 aromatic rings. The number of hydrogen-bond donors (Lipinski definition) is 1. The highest BCUT2D eigenvalue weighted by atomic mass is 19.4. The van der Waals surface area contributed by atoms with Crippen LogP contribution in [0, 0.1) is 0 Å². The van der Waals surface area contributed by atoms with Crippen molar-refractivity contribution in [2.24, 2.45) is 0 Å². The molecule has 96 valence electrons. The summed E-state index contributed by atoms with van der Waals surface area (Å²) in [4.78, 5) is 3.01. The molecule has 1 rings (SSSR count). The topological polar surface area (TPSA) is 42.4 Å². The summed E-state index contributed by atoms with van der Waals surface area (Å²) in [6.45, 7) is -1.01. The van der Waals surface area contributed by atoms with Gasteiger partial charge in [0.15, 0.2) is 0 Å². The summed E-state index contributed by atoms with van der Waals surface area (Å²) in [5.41, 5.74) is -2.87. The number of alkyl halides is 5. The molecular formula is C9H8F5NO2. The SMILES string of the molecule is COc1c(C(F)(F)F)cnc(C(F)F)c1CO. The number of rotatable bonds is 3. The van der Waals surface area contributed by atoms with Crippen LogP contribution in [-0.2, 0) is 12.8 Å². The molecule has 0 fully saturated rings. The number of hydrogen-bond acceptors (Lipinski definition) is 3. The van der Waals surface area contributed by atoms with Gasteiger partial charge in [0, 0.05) is 11.8 Å². The summed E-state index contributed by atoms with van der Waals surface area (Å²) >= 11 is 0. The van der Waals surface area contributed by atoms with Crippen molar-refractivity contribution in [3.8, 4) is 5.75 Å². The van der Waals surface area contributed by atoms with Crippen LogP contribution >= 0.6 is 0 Å². The highest BCUT2D eigenvalue weighted by Gasteiger charge is 2.37. The van der Waals surface area contributed by atoms with Gasteiger partial charge in [-0.25, -0.2) is 8.78 Å². The van der Waals surface area contributed by atoms with Gasteiger partial charge in [-0.3, -0.25) is 4.98 Å². The monoisotopic (exact) mass is 257 g/mol. The van der Waals surface area contributed by atoms with Crippen molar-refractivity contribution in [3.05, 3.63) is 23.0 Å². The lowest BCUT2D eigenvalue weighted by Crippen LogP contribution is -2.12. The fourth-order valence-electron chi connectivity index (χ4n) is 1.33. The van der Waals surface area contributed by atoms with Crippen LogP contribution in [-0.4, -0.2) is 17.2 Å². The number of pyridine rings is 1. The van der Waals surface area contributed by atoms with Crippen LogP contribution in [0.1, 0.15) is 23.2 Å². The third kappa shape index (κ3) is 2.63. The Morgan fingerprint density at radius 1 is 1.41 bits per heavy atom. The van der Waals surface area contributed by atoms with Gasteiger partial charge in [-0.1, -0.05) is 0 Å². The quantitative estimate of drug-likeness (QED) is 0.846. The molecule has 0 radical (unpaired) electrons. The number of aliphatic hydroxyl groups is 1. The molecule has 0 amide bonds. The summed E-state index contributed by atoms with van der Waals surface area (Å²) < 4.78 is 66.8. The molecule has 0 unspecified atom stereocenters. The lowest BCUT2D eigenvalue weighted by molar-refractivity contribution is -0.139. The Labute approximate surface area is 92.8 Å². The molecule has 0 aromatic carbocycles. The Morgan fingerprint density at radius 3 is 2.35 bits per heavy atom. The average molecular weight is 257 g/mol. The predicted octanol–water partition coefficient (Wildman–Crippen LogP) is 2.54. The molecule has 0 aliphatic carbocycles. The second kappa shape index (κ2) is 4.82. The first kappa shape index (κ1) is 13.6. The Balaban J connectivity index is 3.49. The van der Waals surface area contributed by atoms with Crippen molar-refractivity contribution < 1.29 is 31.8 Å². The molecule has 0 bridgehead atoms. The van der Waals surface area contributed by atoms with Gasteiger partial charge in [0.1, 0.15) is 17.0 Å². The Kier molecular flexibility index (Phi) is 3.87. The lowest BCUT2D eigenvalue weighted by atomic mass is 10.1. The van der Waals surface area contributed by atoms with E-state index in [2.05, 4.69) is 9.72 Å². The van der Waals surface area contributed by atoms with Gasteiger partial charge >= 0.3 is 6.18 Å². The molecule has 1 N–H and O–H groups in total. The number of halogens is 5. The van der Waals surface area contributed by atoms with E-state index in [0.29, 0.717) is 0 Å². The van der Waals surface area contributed by atoms with Crippen molar-refractivity contribution in [2.75, 3.05) is 7.11 Å². The highest BCUT2D eigenvalue weighted by Crippen LogP contribution is 2.40. The van der Waals surface area contributed by atoms with Crippen LogP contribution in [0.2, 0.25) is 0 Å². The van der Waals surface area contributed by atoms with Gasteiger partial charge in [0.05, 0.1) is 13.7 Å². The second-order valence-electron chi connectivity index (χ2n) is 3.03. The Hall–Kier alpha value is -1.44. The fourth-order valence-corrected chi connectivity index (χ4v) is 1.33. The zero-order valence-corrected chi connectivity index (χ0v) is 8.55. The van der Waals surface area contributed by atoms with Crippen LogP contribution in [0.3, 0.4) is 0 Å². The zero-order valence-electron chi connectivity index (χ0n) is 8.55. The maximum absolute atomic E-state index is 12.5. The fraction of sp³-hybridized carbons (Fsp3) is 0.444. The van der Waals surface area contributed by atoms with E-state index in [1.54, 1.807) is 0 Å². The lowest BCUT2D eigenvalue weighted by Gasteiger charge is -2.16. The molecule has 17 heavy (non-hydrogen) atoms.